The molecular formula is C15H12BrClO. The first-order valence-corrected chi connectivity index (χ1v) is 6.73. The average molecular weight is 324 g/mol. The van der Waals surface area contributed by atoms with Crippen molar-refractivity contribution >= 4 is 33.3 Å². The number of carbonyl (C=O) groups excluding carboxylic acids is 1. The summed E-state index contributed by atoms with van der Waals surface area (Å²) < 4.78 is 0.938. The van der Waals surface area contributed by atoms with E-state index in [2.05, 4.69) is 15.9 Å². The van der Waals surface area contributed by atoms with Crippen LogP contribution in [0.2, 0.25) is 5.02 Å². The molecule has 18 heavy (non-hydrogen) atoms. The Balaban J connectivity index is 2.47. The maximum Gasteiger partial charge on any atom is 0.193 e. The molecule has 2 rings (SSSR count). The van der Waals surface area contributed by atoms with Crippen molar-refractivity contribution in [1.29, 1.82) is 0 Å². The van der Waals surface area contributed by atoms with Gasteiger partial charge in [-0.1, -0.05) is 45.7 Å². The van der Waals surface area contributed by atoms with E-state index in [1.807, 2.05) is 38.1 Å². The molecule has 1 nitrogen and oxygen atoms in total. The minimum absolute atomic E-state index is 0.00398. The first kappa shape index (κ1) is 13.3. The van der Waals surface area contributed by atoms with Gasteiger partial charge >= 0.3 is 0 Å². The quantitative estimate of drug-likeness (QED) is 0.715. The van der Waals surface area contributed by atoms with Gasteiger partial charge in [-0.2, -0.15) is 0 Å². The molecular weight excluding hydrogens is 312 g/mol. The number of hydrogen-bond donors (Lipinski definition) is 0. The lowest BCUT2D eigenvalue weighted by Gasteiger charge is -2.07. The first-order chi connectivity index (χ1) is 8.49. The molecule has 0 aliphatic rings. The lowest BCUT2D eigenvalue weighted by Crippen LogP contribution is -2.04. The zero-order chi connectivity index (χ0) is 13.3. The molecule has 0 radical (unpaired) electrons. The summed E-state index contributed by atoms with van der Waals surface area (Å²) in [5.74, 6) is -0.00398. The highest BCUT2D eigenvalue weighted by Gasteiger charge is 2.13. The van der Waals surface area contributed by atoms with Gasteiger partial charge in [0, 0.05) is 20.6 Å². The monoisotopic (exact) mass is 322 g/mol. The topological polar surface area (TPSA) is 17.1 Å². The molecule has 0 aliphatic carbocycles. The van der Waals surface area contributed by atoms with Crippen LogP contribution in [0.15, 0.2) is 40.9 Å². The van der Waals surface area contributed by atoms with E-state index in [1.54, 1.807) is 12.1 Å². The molecule has 0 atom stereocenters. The highest BCUT2D eigenvalue weighted by Crippen LogP contribution is 2.22. The van der Waals surface area contributed by atoms with Gasteiger partial charge in [0.1, 0.15) is 0 Å². The molecule has 0 unspecified atom stereocenters. The second kappa shape index (κ2) is 5.25. The molecule has 0 saturated heterocycles. The first-order valence-electron chi connectivity index (χ1n) is 5.56. The fourth-order valence-corrected chi connectivity index (χ4v) is 2.28. The van der Waals surface area contributed by atoms with Crippen LogP contribution < -0.4 is 0 Å². The van der Waals surface area contributed by atoms with Crippen LogP contribution in [0.4, 0.5) is 0 Å². The van der Waals surface area contributed by atoms with Gasteiger partial charge in [-0.3, -0.25) is 4.79 Å². The zero-order valence-electron chi connectivity index (χ0n) is 10.1. The van der Waals surface area contributed by atoms with Crippen molar-refractivity contribution in [1.82, 2.24) is 0 Å². The zero-order valence-corrected chi connectivity index (χ0v) is 12.5. The Kier molecular flexibility index (Phi) is 3.88. The Morgan fingerprint density at radius 3 is 2.39 bits per heavy atom. The predicted octanol–water partition coefficient (Wildman–Crippen LogP) is 4.95. The average Bonchev–Trinajstić information content (AvgIpc) is 2.35. The van der Waals surface area contributed by atoms with Crippen molar-refractivity contribution in [2.24, 2.45) is 0 Å². The molecule has 0 spiro atoms. The fourth-order valence-electron chi connectivity index (χ4n) is 1.73. The SMILES string of the molecule is Cc1ccc(C(=O)c2cc(Cl)ccc2C)cc1Br. The molecule has 2 aromatic rings. The summed E-state index contributed by atoms with van der Waals surface area (Å²) in [6.45, 7) is 3.90. The maximum absolute atomic E-state index is 12.4. The Labute approximate surface area is 120 Å². The van der Waals surface area contributed by atoms with Crippen LogP contribution in [-0.2, 0) is 0 Å². The second-order valence-electron chi connectivity index (χ2n) is 4.25. The summed E-state index contributed by atoms with van der Waals surface area (Å²) in [4.78, 5) is 12.4. The van der Waals surface area contributed by atoms with E-state index >= 15 is 0 Å². The molecule has 0 amide bonds. The number of halogens is 2. The van der Waals surface area contributed by atoms with E-state index in [9.17, 15) is 4.79 Å². The highest BCUT2D eigenvalue weighted by atomic mass is 79.9. The third-order valence-electron chi connectivity index (χ3n) is 2.88. The van der Waals surface area contributed by atoms with Crippen LogP contribution in [0.5, 0.6) is 0 Å². The van der Waals surface area contributed by atoms with Gasteiger partial charge in [0.05, 0.1) is 0 Å². The van der Waals surface area contributed by atoms with Crippen LogP contribution in [0.1, 0.15) is 27.0 Å². The van der Waals surface area contributed by atoms with Gasteiger partial charge in [-0.25, -0.2) is 0 Å². The van der Waals surface area contributed by atoms with Crippen molar-refractivity contribution in [3.8, 4) is 0 Å². The molecule has 0 aliphatic heterocycles. The molecule has 3 heteroatoms. The summed E-state index contributed by atoms with van der Waals surface area (Å²) in [6.07, 6.45) is 0. The predicted molar refractivity (Wildman–Crippen MR) is 78.5 cm³/mol. The van der Waals surface area contributed by atoms with Crippen LogP contribution in [0, 0.1) is 13.8 Å². The third-order valence-corrected chi connectivity index (χ3v) is 3.97. The molecule has 0 saturated carbocycles. The van der Waals surface area contributed by atoms with E-state index in [4.69, 9.17) is 11.6 Å². The van der Waals surface area contributed by atoms with Gasteiger partial charge in [-0.15, -0.1) is 0 Å². The van der Waals surface area contributed by atoms with Gasteiger partial charge in [0.15, 0.2) is 5.78 Å². The van der Waals surface area contributed by atoms with Crippen LogP contribution in [0.3, 0.4) is 0 Å². The Morgan fingerprint density at radius 2 is 1.72 bits per heavy atom. The van der Waals surface area contributed by atoms with Crippen molar-refractivity contribution in [3.05, 3.63) is 68.1 Å². The van der Waals surface area contributed by atoms with Crippen LogP contribution in [0.25, 0.3) is 0 Å². The number of hydrogen-bond acceptors (Lipinski definition) is 1. The Hall–Kier alpha value is -1.12. The van der Waals surface area contributed by atoms with Crippen molar-refractivity contribution in [3.63, 3.8) is 0 Å². The lowest BCUT2D eigenvalue weighted by molar-refractivity contribution is 0.103. The number of ketones is 1. The maximum atomic E-state index is 12.4. The van der Waals surface area contributed by atoms with Gasteiger partial charge in [0.25, 0.3) is 0 Å². The molecule has 0 N–H and O–H groups in total. The molecule has 0 heterocycles. The summed E-state index contributed by atoms with van der Waals surface area (Å²) >= 11 is 9.38. The van der Waals surface area contributed by atoms with E-state index in [0.29, 0.717) is 16.1 Å². The summed E-state index contributed by atoms with van der Waals surface area (Å²) in [5, 5.41) is 0.579. The normalized spacial score (nSPS) is 10.4. The molecule has 0 aromatic heterocycles. The number of carbonyl (C=O) groups is 1. The Bertz CT molecular complexity index is 620. The summed E-state index contributed by atoms with van der Waals surface area (Å²) in [6, 6.07) is 11.0. The van der Waals surface area contributed by atoms with E-state index in [1.165, 1.54) is 0 Å². The van der Waals surface area contributed by atoms with Gasteiger partial charge < -0.3 is 0 Å². The highest BCUT2D eigenvalue weighted by molar-refractivity contribution is 9.10. The standard InChI is InChI=1S/C15H12BrClO/c1-9-4-6-12(17)8-13(9)15(18)11-5-3-10(2)14(16)7-11/h3-8H,1-2H3. The van der Waals surface area contributed by atoms with Crippen molar-refractivity contribution < 1.29 is 4.79 Å². The summed E-state index contributed by atoms with van der Waals surface area (Å²) in [5.41, 5.74) is 3.35. The molecule has 92 valence electrons. The van der Waals surface area contributed by atoms with E-state index < -0.39 is 0 Å². The fraction of sp³-hybridized carbons (Fsp3) is 0.133. The van der Waals surface area contributed by atoms with Crippen LogP contribution >= 0.6 is 27.5 Å². The van der Waals surface area contributed by atoms with Crippen molar-refractivity contribution in [2.45, 2.75) is 13.8 Å². The van der Waals surface area contributed by atoms with Gasteiger partial charge in [0.2, 0.25) is 0 Å². The Morgan fingerprint density at radius 1 is 1.06 bits per heavy atom. The van der Waals surface area contributed by atoms with Gasteiger partial charge in [-0.05, 0) is 43.2 Å². The van der Waals surface area contributed by atoms with E-state index in [-0.39, 0.29) is 5.78 Å². The number of rotatable bonds is 2. The third kappa shape index (κ3) is 2.65. The smallest absolute Gasteiger partial charge is 0.193 e. The molecule has 0 fully saturated rings. The molecule has 0 bridgehead atoms. The largest absolute Gasteiger partial charge is 0.289 e. The summed E-state index contributed by atoms with van der Waals surface area (Å²) in [7, 11) is 0. The van der Waals surface area contributed by atoms with Crippen LogP contribution in [-0.4, -0.2) is 5.78 Å². The van der Waals surface area contributed by atoms with Crippen molar-refractivity contribution in [2.75, 3.05) is 0 Å². The second-order valence-corrected chi connectivity index (χ2v) is 5.54. The molecule has 2 aromatic carbocycles. The number of benzene rings is 2. The lowest BCUT2D eigenvalue weighted by atomic mass is 9.98. The number of aryl methyl sites for hydroxylation is 2. The van der Waals surface area contributed by atoms with E-state index in [0.717, 1.165) is 15.6 Å². The minimum Gasteiger partial charge on any atom is -0.289 e. The minimum atomic E-state index is -0.00398.